The van der Waals surface area contributed by atoms with E-state index in [2.05, 4.69) is 17.0 Å². The number of phosphoric acid groups is 1. The van der Waals surface area contributed by atoms with E-state index in [1.54, 1.807) is 24.3 Å². The molecule has 342 valence electrons. The fourth-order valence-electron chi connectivity index (χ4n) is 6.93. The topological polar surface area (TPSA) is 193 Å². The first kappa shape index (κ1) is 51.0. The summed E-state index contributed by atoms with van der Waals surface area (Å²) >= 11 is 6.38. The molecule has 2 heterocycles. The fraction of sp³-hybridized carbons (Fsp3) is 0.587. The Balaban J connectivity index is 1.30. The summed E-state index contributed by atoms with van der Waals surface area (Å²) in [6, 6.07) is 20.9. The van der Waals surface area contributed by atoms with Crippen LogP contribution in [-0.4, -0.2) is 76.2 Å². The van der Waals surface area contributed by atoms with E-state index in [0.717, 1.165) is 24.8 Å². The molecule has 4 rings (SSSR count). The molecule has 0 saturated carbocycles. The summed E-state index contributed by atoms with van der Waals surface area (Å²) in [5.74, 6) is 0.186. The molecule has 1 unspecified atom stereocenters. The van der Waals surface area contributed by atoms with Crippen molar-refractivity contribution in [2.24, 2.45) is 0 Å². The third kappa shape index (κ3) is 18.6. The highest BCUT2D eigenvalue weighted by molar-refractivity contribution is 7.48. The molecule has 0 bridgehead atoms. The zero-order valence-electron chi connectivity index (χ0n) is 36.2. The molecule has 0 radical (unpaired) electrons. The molecule has 0 amide bonds. The molecule has 0 saturated heterocycles. The van der Waals surface area contributed by atoms with Gasteiger partial charge in [0.1, 0.15) is 48.6 Å². The molecular formula is C46H67ClN5O9P. The van der Waals surface area contributed by atoms with E-state index in [4.69, 9.17) is 45.1 Å². The number of unbranched alkanes of at least 4 members (excludes halogenated alkanes) is 15. The molecule has 14 nitrogen and oxygen atoms in total. The second-order valence-electron chi connectivity index (χ2n) is 15.5. The highest BCUT2D eigenvalue weighted by atomic mass is 35.5. The number of nitrogens with zero attached hydrogens (tertiary/aromatic N) is 4. The van der Waals surface area contributed by atoms with Crippen LogP contribution in [0.2, 0.25) is 5.02 Å². The minimum atomic E-state index is -4.58. The van der Waals surface area contributed by atoms with Gasteiger partial charge in [0.15, 0.2) is 5.82 Å². The Morgan fingerprint density at radius 1 is 0.790 bits per heavy atom. The number of fused-ring (bicyclic) bond motifs is 1. The molecule has 62 heavy (non-hydrogen) atoms. The number of aliphatic hydroxyl groups excluding tert-OH is 2. The predicted octanol–water partition coefficient (Wildman–Crippen LogP) is 10.4. The van der Waals surface area contributed by atoms with E-state index >= 15 is 0 Å². The summed E-state index contributed by atoms with van der Waals surface area (Å²) in [5.41, 5.74) is 7.45. The standard InChI is InChI=1S/C46H67ClN5O9P/c1-2-3-4-5-6-7-8-9-10-11-12-13-14-15-16-22-30-56-33-38(58-32-37-23-18-17-19-24-37)34-59-62(55,61-42-26-21-20-25-39(42)47)60-35-43(57-31-29-48)45(54)44(53)40-27-28-41-46(49)50-36-51-52(40)41/h17-21,23-28,36,38,43-45,53-54H,2-16,22,30-35H2,1H3,(H2,49,50,51)/t38-,43-,44+,45-,62?/m1/s1. The maximum atomic E-state index is 14.4. The number of phosphoric ester groups is 1. The van der Waals surface area contributed by atoms with Crippen LogP contribution in [0.25, 0.3) is 5.52 Å². The number of nitrogens with two attached hydrogens (primary N) is 1. The van der Waals surface area contributed by atoms with E-state index in [9.17, 15) is 20.0 Å². The van der Waals surface area contributed by atoms with E-state index in [1.165, 1.54) is 106 Å². The van der Waals surface area contributed by atoms with Crippen molar-refractivity contribution in [3.63, 3.8) is 0 Å². The number of halogens is 1. The van der Waals surface area contributed by atoms with E-state index < -0.39 is 45.5 Å². The second kappa shape index (κ2) is 29.7. The first-order valence-electron chi connectivity index (χ1n) is 22.2. The number of hydrogen-bond acceptors (Lipinski definition) is 13. The Labute approximate surface area is 372 Å². The summed E-state index contributed by atoms with van der Waals surface area (Å²) in [7, 11) is -4.58. The van der Waals surface area contributed by atoms with Crippen LogP contribution in [0.3, 0.4) is 0 Å². The van der Waals surface area contributed by atoms with Crippen molar-refractivity contribution in [2.75, 3.05) is 38.8 Å². The Morgan fingerprint density at radius 2 is 1.40 bits per heavy atom. The van der Waals surface area contributed by atoms with Gasteiger partial charge in [0.05, 0.1) is 43.2 Å². The maximum absolute atomic E-state index is 14.4. The Hall–Kier alpha value is -3.61. The molecular weight excluding hydrogens is 833 g/mol. The van der Waals surface area contributed by atoms with Crippen LogP contribution in [0.1, 0.15) is 127 Å². The zero-order valence-corrected chi connectivity index (χ0v) is 37.9. The van der Waals surface area contributed by atoms with Gasteiger partial charge in [-0.15, -0.1) is 0 Å². The van der Waals surface area contributed by atoms with Gasteiger partial charge in [-0.25, -0.2) is 14.1 Å². The molecule has 0 aliphatic rings. The molecule has 0 aliphatic carbocycles. The van der Waals surface area contributed by atoms with Gasteiger partial charge in [0.2, 0.25) is 0 Å². The second-order valence-corrected chi connectivity index (χ2v) is 17.5. The molecule has 4 aromatic rings. The summed E-state index contributed by atoms with van der Waals surface area (Å²) in [6.07, 6.45) is 16.4. The van der Waals surface area contributed by atoms with Gasteiger partial charge in [-0.1, -0.05) is 157 Å². The monoisotopic (exact) mass is 899 g/mol. The number of hydrogen-bond donors (Lipinski definition) is 3. The molecule has 0 aliphatic heterocycles. The number of benzene rings is 2. The lowest BCUT2D eigenvalue weighted by atomic mass is 10.0. The summed E-state index contributed by atoms with van der Waals surface area (Å²) in [5, 5.41) is 36.1. The van der Waals surface area contributed by atoms with Crippen LogP contribution >= 0.6 is 19.4 Å². The lowest BCUT2D eigenvalue weighted by Gasteiger charge is -2.28. The van der Waals surface area contributed by atoms with Crippen LogP contribution in [0.15, 0.2) is 73.1 Å². The number of aliphatic hydroxyl groups is 2. The minimum absolute atomic E-state index is 0.0194. The number of para-hydroxylation sites is 1. The number of ether oxygens (including phenoxy) is 3. The zero-order chi connectivity index (χ0) is 44.3. The third-order valence-corrected chi connectivity index (χ3v) is 12.2. The Kier molecular flexibility index (Phi) is 24.4. The van der Waals surface area contributed by atoms with Crippen molar-refractivity contribution < 1.29 is 42.6 Å². The summed E-state index contributed by atoms with van der Waals surface area (Å²) < 4.78 is 51.1. The molecule has 2 aromatic carbocycles. The van der Waals surface area contributed by atoms with Crippen molar-refractivity contribution in [1.29, 1.82) is 5.26 Å². The highest BCUT2D eigenvalue weighted by Gasteiger charge is 2.37. The number of anilines is 1. The van der Waals surface area contributed by atoms with E-state index in [1.807, 2.05) is 36.4 Å². The number of rotatable bonds is 35. The largest absolute Gasteiger partial charge is 0.530 e. The van der Waals surface area contributed by atoms with Crippen LogP contribution in [0.5, 0.6) is 5.75 Å². The van der Waals surface area contributed by atoms with E-state index in [0.29, 0.717) is 12.1 Å². The van der Waals surface area contributed by atoms with Crippen molar-refractivity contribution in [3.8, 4) is 11.8 Å². The SMILES string of the molecule is CCCCCCCCCCCCCCCCCCOC[C@H](COP(=O)(OC[C@@H](OCC#N)[C@@H](O)[C@@H](O)c1ccc2c(N)ncnn12)Oc1ccccc1Cl)OCc1ccccc1. The predicted molar refractivity (Wildman–Crippen MR) is 241 cm³/mol. The van der Waals surface area contributed by atoms with Gasteiger partial charge in [0, 0.05) is 6.61 Å². The summed E-state index contributed by atoms with van der Waals surface area (Å²) in [6.45, 7) is 1.81. The van der Waals surface area contributed by atoms with Gasteiger partial charge in [-0.05, 0) is 36.2 Å². The highest BCUT2D eigenvalue weighted by Crippen LogP contribution is 2.51. The Morgan fingerprint density at radius 3 is 2.05 bits per heavy atom. The summed E-state index contributed by atoms with van der Waals surface area (Å²) in [4.78, 5) is 3.95. The maximum Gasteiger partial charge on any atom is 0.530 e. The molecule has 0 spiro atoms. The minimum Gasteiger partial charge on any atom is -0.402 e. The first-order chi connectivity index (χ1) is 30.2. The lowest BCUT2D eigenvalue weighted by Crippen LogP contribution is -2.38. The van der Waals surface area contributed by atoms with Gasteiger partial charge in [-0.3, -0.25) is 9.05 Å². The average molecular weight is 900 g/mol. The van der Waals surface area contributed by atoms with Gasteiger partial charge < -0.3 is 34.7 Å². The van der Waals surface area contributed by atoms with Crippen LogP contribution in [0.4, 0.5) is 5.82 Å². The number of aromatic nitrogens is 3. The number of nitrogen functional groups attached to an aromatic ring is 1. The number of nitriles is 1. The fourth-order valence-corrected chi connectivity index (χ4v) is 8.42. The van der Waals surface area contributed by atoms with Crippen molar-refractivity contribution in [2.45, 2.75) is 141 Å². The lowest BCUT2D eigenvalue weighted by molar-refractivity contribution is -0.103. The van der Waals surface area contributed by atoms with Crippen LogP contribution < -0.4 is 10.3 Å². The van der Waals surface area contributed by atoms with Gasteiger partial charge in [-0.2, -0.15) is 10.4 Å². The van der Waals surface area contributed by atoms with Gasteiger partial charge >= 0.3 is 7.82 Å². The molecule has 5 atom stereocenters. The first-order valence-corrected chi connectivity index (χ1v) is 24.1. The van der Waals surface area contributed by atoms with Crippen molar-refractivity contribution in [3.05, 3.63) is 89.3 Å². The quantitative estimate of drug-likeness (QED) is 0.0292. The molecule has 16 heteroatoms. The van der Waals surface area contributed by atoms with Gasteiger partial charge in [0.25, 0.3) is 0 Å². The van der Waals surface area contributed by atoms with E-state index in [-0.39, 0.29) is 42.1 Å². The average Bonchev–Trinajstić information content (AvgIpc) is 3.73. The Bertz CT molecular complexity index is 1900. The third-order valence-electron chi connectivity index (χ3n) is 10.5. The normalized spacial score (nSPS) is 14.6. The smallest absolute Gasteiger partial charge is 0.402 e. The molecule has 2 aromatic heterocycles. The molecule has 0 fully saturated rings. The van der Waals surface area contributed by atoms with Crippen LogP contribution in [0, 0.1) is 11.3 Å². The molecule has 4 N–H and O–H groups in total. The van der Waals surface area contributed by atoms with Crippen molar-refractivity contribution in [1.82, 2.24) is 14.6 Å². The van der Waals surface area contributed by atoms with Crippen molar-refractivity contribution >= 4 is 30.8 Å². The van der Waals surface area contributed by atoms with Crippen LogP contribution in [-0.2, 0) is 34.4 Å².